The molecule has 1 aromatic heterocycles. The molecule has 7 heteroatoms. The van der Waals surface area contributed by atoms with Crippen molar-refractivity contribution in [2.45, 2.75) is 25.4 Å². The van der Waals surface area contributed by atoms with E-state index in [1.54, 1.807) is 19.1 Å². The first-order valence-electron chi connectivity index (χ1n) is 9.76. The number of aromatic nitrogens is 2. The van der Waals surface area contributed by atoms with Crippen molar-refractivity contribution in [2.24, 2.45) is 0 Å². The number of likely N-dealkylation sites (tertiary alicyclic amines) is 1. The van der Waals surface area contributed by atoms with Gasteiger partial charge in [0.1, 0.15) is 0 Å². The smallest absolute Gasteiger partial charge is 0.274 e. The van der Waals surface area contributed by atoms with Crippen LogP contribution in [0.2, 0.25) is 0 Å². The number of rotatable bonds is 4. The monoisotopic (exact) mass is 395 g/mol. The van der Waals surface area contributed by atoms with Crippen LogP contribution in [0, 0.1) is 0 Å². The molecule has 1 atom stereocenters. The average Bonchev–Trinajstić information content (AvgIpc) is 3.34. The highest BCUT2D eigenvalue weighted by Crippen LogP contribution is 2.32. The molecule has 29 heavy (non-hydrogen) atoms. The van der Waals surface area contributed by atoms with Crippen molar-refractivity contribution in [3.63, 3.8) is 0 Å². The zero-order valence-corrected chi connectivity index (χ0v) is 16.7. The predicted octanol–water partition coefficient (Wildman–Crippen LogP) is 2.50. The van der Waals surface area contributed by atoms with E-state index in [1.807, 2.05) is 41.1 Å². The highest BCUT2D eigenvalue weighted by molar-refractivity contribution is 5.93. The summed E-state index contributed by atoms with van der Waals surface area (Å²) in [5, 5.41) is 14.4. The van der Waals surface area contributed by atoms with Gasteiger partial charge in [-0.15, -0.1) is 0 Å². The Labute approximate surface area is 169 Å². The lowest BCUT2D eigenvalue weighted by atomic mass is 10.1. The number of hydrogen-bond acceptors (Lipinski definition) is 5. The van der Waals surface area contributed by atoms with Gasteiger partial charge in [0.15, 0.2) is 17.2 Å². The molecular formula is C22H25N3O4. The molecule has 7 nitrogen and oxygen atoms in total. The average molecular weight is 395 g/mol. The maximum absolute atomic E-state index is 12.9. The molecule has 1 aromatic carbocycles. The molecule has 1 saturated heterocycles. The van der Waals surface area contributed by atoms with Gasteiger partial charge in [-0.05, 0) is 49.6 Å². The summed E-state index contributed by atoms with van der Waals surface area (Å²) in [6.45, 7) is 0.920. The third kappa shape index (κ3) is 3.78. The van der Waals surface area contributed by atoms with E-state index >= 15 is 0 Å². The lowest BCUT2D eigenvalue weighted by molar-refractivity contribution is 0.0759. The number of allylic oxidation sites excluding steroid dienone is 3. The van der Waals surface area contributed by atoms with Gasteiger partial charge in [-0.1, -0.05) is 12.2 Å². The molecule has 1 amide bonds. The van der Waals surface area contributed by atoms with E-state index in [2.05, 4.69) is 11.2 Å². The maximum Gasteiger partial charge on any atom is 0.274 e. The summed E-state index contributed by atoms with van der Waals surface area (Å²) in [5.74, 6) is 1.15. The minimum atomic E-state index is -0.450. The Balaban J connectivity index is 1.73. The van der Waals surface area contributed by atoms with Crippen LogP contribution in [-0.4, -0.2) is 59.1 Å². The van der Waals surface area contributed by atoms with E-state index in [0.717, 1.165) is 29.8 Å². The van der Waals surface area contributed by atoms with E-state index in [0.29, 0.717) is 36.7 Å². The number of amides is 1. The normalized spacial score (nSPS) is 21.6. The van der Waals surface area contributed by atoms with Gasteiger partial charge in [-0.3, -0.25) is 4.79 Å². The molecule has 3 heterocycles. The molecule has 1 N–H and O–H groups in total. The first-order valence-corrected chi connectivity index (χ1v) is 9.76. The minimum absolute atomic E-state index is 0.139. The van der Waals surface area contributed by atoms with Crippen LogP contribution in [0.15, 0.2) is 42.5 Å². The number of nitrogens with zero attached hydrogens (tertiary/aromatic N) is 3. The van der Waals surface area contributed by atoms with Crippen molar-refractivity contribution in [1.29, 1.82) is 0 Å². The number of carbonyl (C=O) groups excluding carboxylic acids is 1. The molecule has 152 valence electrons. The van der Waals surface area contributed by atoms with Crippen LogP contribution in [0.1, 0.15) is 34.6 Å². The van der Waals surface area contributed by atoms with Crippen molar-refractivity contribution < 1.29 is 19.4 Å². The van der Waals surface area contributed by atoms with E-state index in [-0.39, 0.29) is 5.91 Å². The molecule has 0 unspecified atom stereocenters. The van der Waals surface area contributed by atoms with Crippen molar-refractivity contribution in [3.05, 3.63) is 59.4 Å². The van der Waals surface area contributed by atoms with Crippen molar-refractivity contribution in [3.8, 4) is 11.5 Å². The Morgan fingerprint density at radius 2 is 2.03 bits per heavy atom. The fraction of sp³-hybridized carbons (Fsp3) is 0.364. The number of methoxy groups -OCH3 is 2. The second-order valence-electron chi connectivity index (χ2n) is 7.21. The summed E-state index contributed by atoms with van der Waals surface area (Å²) >= 11 is 0. The van der Waals surface area contributed by atoms with Crippen LogP contribution in [-0.2, 0) is 6.42 Å². The van der Waals surface area contributed by atoms with Crippen molar-refractivity contribution >= 4 is 11.6 Å². The van der Waals surface area contributed by atoms with Gasteiger partial charge in [0.25, 0.3) is 5.91 Å². The molecule has 0 radical (unpaired) electrons. The fourth-order valence-electron chi connectivity index (χ4n) is 3.77. The second kappa shape index (κ2) is 8.13. The van der Waals surface area contributed by atoms with Crippen LogP contribution in [0.3, 0.4) is 0 Å². The van der Waals surface area contributed by atoms with Crippen LogP contribution in [0.4, 0.5) is 0 Å². The largest absolute Gasteiger partial charge is 0.493 e. The van der Waals surface area contributed by atoms with E-state index in [9.17, 15) is 9.90 Å². The number of hydrogen-bond donors (Lipinski definition) is 1. The molecule has 4 rings (SSSR count). The molecule has 2 aliphatic heterocycles. The van der Waals surface area contributed by atoms with Crippen LogP contribution in [0.25, 0.3) is 5.70 Å². The molecule has 2 aromatic rings. The Hall–Kier alpha value is -3.06. The Morgan fingerprint density at radius 1 is 1.21 bits per heavy atom. The van der Waals surface area contributed by atoms with E-state index in [4.69, 9.17) is 9.47 Å². The molecule has 0 saturated carbocycles. The van der Waals surface area contributed by atoms with Gasteiger partial charge in [0.2, 0.25) is 0 Å². The number of benzene rings is 1. The van der Waals surface area contributed by atoms with Crippen molar-refractivity contribution in [1.82, 2.24) is 14.7 Å². The second-order valence-corrected chi connectivity index (χ2v) is 7.21. The Kier molecular flexibility index (Phi) is 5.40. The standard InChI is InChI=1S/C22H25N3O4/c1-28-20-9-8-15(12-21(20)29-2)19-7-5-3-4-6-16-13-18(23-25(16)19)22(27)24-11-10-17(26)14-24/h3,5,7-9,12-13,17,26H,4,6,10-11,14H2,1-2H3/b5-3-,19-7-/t17-/m0/s1. The summed E-state index contributed by atoms with van der Waals surface area (Å²) in [5.41, 5.74) is 3.15. The number of carbonyl (C=O) groups is 1. The molecule has 0 aliphatic carbocycles. The topological polar surface area (TPSA) is 76.8 Å². The number of ether oxygens (including phenoxy) is 2. The van der Waals surface area contributed by atoms with Gasteiger partial charge in [-0.25, -0.2) is 4.68 Å². The zero-order valence-electron chi connectivity index (χ0n) is 16.7. The highest BCUT2D eigenvalue weighted by atomic mass is 16.5. The summed E-state index contributed by atoms with van der Waals surface area (Å²) in [4.78, 5) is 14.5. The van der Waals surface area contributed by atoms with Crippen LogP contribution >= 0.6 is 0 Å². The van der Waals surface area contributed by atoms with Gasteiger partial charge >= 0.3 is 0 Å². The molecule has 0 bridgehead atoms. The van der Waals surface area contributed by atoms with Crippen LogP contribution in [0.5, 0.6) is 11.5 Å². The van der Waals surface area contributed by atoms with Gasteiger partial charge in [0, 0.05) is 24.3 Å². The molecule has 0 spiro atoms. The summed E-state index contributed by atoms with van der Waals surface area (Å²) in [7, 11) is 3.21. The Morgan fingerprint density at radius 3 is 2.76 bits per heavy atom. The summed E-state index contributed by atoms with van der Waals surface area (Å²) in [6.07, 6.45) is 7.92. The molecule has 1 fully saturated rings. The third-order valence-electron chi connectivity index (χ3n) is 5.32. The fourth-order valence-corrected chi connectivity index (χ4v) is 3.77. The maximum atomic E-state index is 12.9. The van der Waals surface area contributed by atoms with Crippen LogP contribution < -0.4 is 9.47 Å². The minimum Gasteiger partial charge on any atom is -0.493 e. The number of aliphatic hydroxyl groups is 1. The predicted molar refractivity (Wildman–Crippen MR) is 109 cm³/mol. The van der Waals surface area contributed by atoms with Crippen molar-refractivity contribution in [2.75, 3.05) is 27.3 Å². The Bertz CT molecular complexity index is 976. The lowest BCUT2D eigenvalue weighted by Crippen LogP contribution is -2.30. The SMILES string of the molecule is COc1ccc(/C2=C/C=C\CCc3cc(C(=O)N4CC[C@H](O)C4)nn32)cc1OC. The zero-order chi connectivity index (χ0) is 20.4. The highest BCUT2D eigenvalue weighted by Gasteiger charge is 2.28. The summed E-state index contributed by atoms with van der Waals surface area (Å²) < 4.78 is 12.6. The first-order chi connectivity index (χ1) is 14.1. The molecular weight excluding hydrogens is 370 g/mol. The lowest BCUT2D eigenvalue weighted by Gasteiger charge is -2.15. The van der Waals surface area contributed by atoms with Gasteiger partial charge in [-0.2, -0.15) is 5.10 Å². The third-order valence-corrected chi connectivity index (χ3v) is 5.32. The van der Waals surface area contributed by atoms with Gasteiger partial charge in [0.05, 0.1) is 26.0 Å². The number of fused-ring (bicyclic) bond motifs is 1. The summed E-state index contributed by atoms with van der Waals surface area (Å²) in [6, 6.07) is 7.58. The van der Waals surface area contributed by atoms with E-state index in [1.165, 1.54) is 0 Å². The molecule has 2 aliphatic rings. The quantitative estimate of drug-likeness (QED) is 0.861. The number of β-amino-alcohol motifs (C(OH)–C–C–N with tert-alkyl or cyclic N) is 1. The van der Waals surface area contributed by atoms with E-state index < -0.39 is 6.10 Å². The number of aliphatic hydroxyl groups excluding tert-OH is 1. The first kappa shape index (κ1) is 19.3. The van der Waals surface area contributed by atoms with Gasteiger partial charge < -0.3 is 19.5 Å². The number of aryl methyl sites for hydroxylation is 1.